The molecule has 2 saturated carbocycles. The Morgan fingerprint density at radius 2 is 1.79 bits per heavy atom. The van der Waals surface area contributed by atoms with Crippen LogP contribution in [0.1, 0.15) is 59.8 Å². The zero-order chi connectivity index (χ0) is 14.1. The van der Waals surface area contributed by atoms with E-state index in [-0.39, 0.29) is 5.54 Å². The van der Waals surface area contributed by atoms with Gasteiger partial charge in [0.15, 0.2) is 0 Å². The molecule has 0 radical (unpaired) electrons. The monoisotopic (exact) mass is 266 g/mol. The van der Waals surface area contributed by atoms with E-state index in [9.17, 15) is 0 Å². The van der Waals surface area contributed by atoms with E-state index in [1.54, 1.807) is 0 Å². The van der Waals surface area contributed by atoms with Gasteiger partial charge in [0.25, 0.3) is 0 Å². The summed E-state index contributed by atoms with van der Waals surface area (Å²) in [7, 11) is 2.34. The largest absolute Gasteiger partial charge is 0.311 e. The van der Waals surface area contributed by atoms with E-state index < -0.39 is 0 Å². The normalized spacial score (nSPS) is 30.0. The summed E-state index contributed by atoms with van der Waals surface area (Å²) in [5.41, 5.74) is 0.791. The molecule has 0 saturated heterocycles. The first-order chi connectivity index (χ1) is 8.80. The quantitative estimate of drug-likeness (QED) is 0.791. The Morgan fingerprint density at radius 1 is 1.21 bits per heavy atom. The zero-order valence-corrected chi connectivity index (χ0v) is 13.8. The lowest BCUT2D eigenvalue weighted by molar-refractivity contribution is 0.156. The Balaban J connectivity index is 1.84. The van der Waals surface area contributed by atoms with Crippen LogP contribution in [-0.4, -0.2) is 37.1 Å². The van der Waals surface area contributed by atoms with Gasteiger partial charge in [-0.15, -0.1) is 0 Å². The molecule has 2 aliphatic carbocycles. The van der Waals surface area contributed by atoms with E-state index in [1.165, 1.54) is 51.7 Å². The molecule has 2 heteroatoms. The minimum atomic E-state index is 0.249. The summed E-state index contributed by atoms with van der Waals surface area (Å²) >= 11 is 0. The van der Waals surface area contributed by atoms with Crippen LogP contribution >= 0.6 is 0 Å². The number of nitrogens with one attached hydrogen (secondary N) is 1. The molecule has 2 unspecified atom stereocenters. The Hall–Kier alpha value is -0.0800. The summed E-state index contributed by atoms with van der Waals surface area (Å²) in [4.78, 5) is 2.61. The van der Waals surface area contributed by atoms with Crippen molar-refractivity contribution in [1.29, 1.82) is 0 Å². The van der Waals surface area contributed by atoms with E-state index >= 15 is 0 Å². The van der Waals surface area contributed by atoms with Gasteiger partial charge >= 0.3 is 0 Å². The van der Waals surface area contributed by atoms with Gasteiger partial charge in [0.1, 0.15) is 0 Å². The second-order valence-corrected chi connectivity index (χ2v) is 8.48. The lowest BCUT2D eigenvalue weighted by atomic mass is 9.84. The predicted molar refractivity (Wildman–Crippen MR) is 83.4 cm³/mol. The fourth-order valence-electron chi connectivity index (χ4n) is 3.66. The summed E-state index contributed by atoms with van der Waals surface area (Å²) in [5.74, 6) is 1.97. The van der Waals surface area contributed by atoms with Crippen LogP contribution in [0.25, 0.3) is 0 Å². The van der Waals surface area contributed by atoms with Crippen molar-refractivity contribution >= 4 is 0 Å². The third-order valence-electron chi connectivity index (χ3n) is 5.09. The van der Waals surface area contributed by atoms with Crippen molar-refractivity contribution in [3.05, 3.63) is 0 Å². The van der Waals surface area contributed by atoms with Crippen LogP contribution in [0.4, 0.5) is 0 Å². The Morgan fingerprint density at radius 3 is 2.26 bits per heavy atom. The van der Waals surface area contributed by atoms with Crippen LogP contribution in [-0.2, 0) is 0 Å². The topological polar surface area (TPSA) is 15.3 Å². The van der Waals surface area contributed by atoms with E-state index in [1.807, 2.05) is 0 Å². The molecular weight excluding hydrogens is 232 g/mol. The average molecular weight is 266 g/mol. The highest BCUT2D eigenvalue weighted by Crippen LogP contribution is 2.41. The highest BCUT2D eigenvalue weighted by Gasteiger charge is 2.38. The summed E-state index contributed by atoms with van der Waals surface area (Å²) in [5, 5.41) is 3.76. The predicted octanol–water partition coefficient (Wildman–Crippen LogP) is 3.52. The van der Waals surface area contributed by atoms with Gasteiger partial charge in [-0.2, -0.15) is 0 Å². The van der Waals surface area contributed by atoms with Gasteiger partial charge in [-0.05, 0) is 64.3 Å². The van der Waals surface area contributed by atoms with Crippen molar-refractivity contribution in [3.8, 4) is 0 Å². The van der Waals surface area contributed by atoms with E-state index in [0.29, 0.717) is 5.41 Å². The average Bonchev–Trinajstić information content (AvgIpc) is 2.78. The molecule has 2 nitrogen and oxygen atoms in total. The van der Waals surface area contributed by atoms with Crippen LogP contribution in [0.5, 0.6) is 0 Å². The number of hydrogen-bond donors (Lipinski definition) is 1. The van der Waals surface area contributed by atoms with Crippen molar-refractivity contribution in [3.63, 3.8) is 0 Å². The molecule has 1 N–H and O–H groups in total. The molecule has 0 aromatic rings. The number of nitrogens with zero attached hydrogens (tertiary/aromatic N) is 1. The summed E-state index contributed by atoms with van der Waals surface area (Å²) in [6, 6.07) is 0. The summed E-state index contributed by atoms with van der Waals surface area (Å²) in [6.45, 7) is 13.0. The first-order valence-corrected chi connectivity index (χ1v) is 8.23. The zero-order valence-electron chi connectivity index (χ0n) is 13.8. The second-order valence-electron chi connectivity index (χ2n) is 8.48. The minimum Gasteiger partial charge on any atom is -0.311 e. The lowest BCUT2D eigenvalue weighted by Crippen LogP contribution is -2.47. The van der Waals surface area contributed by atoms with Crippen LogP contribution < -0.4 is 5.32 Å². The maximum Gasteiger partial charge on any atom is 0.00967 e. The molecule has 2 fully saturated rings. The van der Waals surface area contributed by atoms with Crippen LogP contribution in [0.15, 0.2) is 0 Å². The van der Waals surface area contributed by atoms with Crippen molar-refractivity contribution in [2.24, 2.45) is 17.3 Å². The Kier molecular flexibility index (Phi) is 4.62. The second kappa shape index (κ2) is 5.73. The van der Waals surface area contributed by atoms with Crippen molar-refractivity contribution < 1.29 is 0 Å². The van der Waals surface area contributed by atoms with Gasteiger partial charge in [-0.25, -0.2) is 0 Å². The smallest absolute Gasteiger partial charge is 0.00967 e. The molecule has 0 heterocycles. The SMILES string of the molecule is CC1CC1CN(C)CC1(CNC(C)(C)C)CCCC1. The third-order valence-corrected chi connectivity index (χ3v) is 5.09. The van der Waals surface area contributed by atoms with Gasteiger partial charge < -0.3 is 10.2 Å². The van der Waals surface area contributed by atoms with Crippen molar-refractivity contribution in [2.75, 3.05) is 26.7 Å². The first-order valence-electron chi connectivity index (χ1n) is 8.23. The van der Waals surface area contributed by atoms with Crippen molar-refractivity contribution in [2.45, 2.75) is 65.3 Å². The van der Waals surface area contributed by atoms with Crippen LogP contribution in [0, 0.1) is 17.3 Å². The van der Waals surface area contributed by atoms with Gasteiger partial charge in [0.2, 0.25) is 0 Å². The highest BCUT2D eigenvalue weighted by atomic mass is 15.1. The molecule has 0 aliphatic heterocycles. The van der Waals surface area contributed by atoms with E-state index in [0.717, 1.165) is 11.8 Å². The van der Waals surface area contributed by atoms with Crippen LogP contribution in [0.3, 0.4) is 0 Å². The summed E-state index contributed by atoms with van der Waals surface area (Å²) < 4.78 is 0. The van der Waals surface area contributed by atoms with Gasteiger partial charge in [0.05, 0.1) is 0 Å². The van der Waals surface area contributed by atoms with Gasteiger partial charge in [-0.3, -0.25) is 0 Å². The standard InChI is InChI=1S/C17H34N2/c1-14-10-15(14)11-19(5)13-17(8-6-7-9-17)12-18-16(2,3)4/h14-15,18H,6-13H2,1-5H3. The summed E-state index contributed by atoms with van der Waals surface area (Å²) in [6.07, 6.45) is 7.15. The van der Waals surface area contributed by atoms with Crippen molar-refractivity contribution in [1.82, 2.24) is 10.2 Å². The van der Waals surface area contributed by atoms with E-state index in [2.05, 4.69) is 45.0 Å². The molecule has 2 aliphatic rings. The third kappa shape index (κ3) is 4.75. The fraction of sp³-hybridized carbons (Fsp3) is 1.00. The molecule has 0 bridgehead atoms. The van der Waals surface area contributed by atoms with E-state index in [4.69, 9.17) is 0 Å². The molecule has 0 amide bonds. The molecule has 112 valence electrons. The Labute approximate surface area is 120 Å². The molecular formula is C17H34N2. The molecule has 0 spiro atoms. The number of hydrogen-bond acceptors (Lipinski definition) is 2. The van der Waals surface area contributed by atoms with Gasteiger partial charge in [-0.1, -0.05) is 19.8 Å². The maximum absolute atomic E-state index is 3.76. The lowest BCUT2D eigenvalue weighted by Gasteiger charge is -2.36. The first kappa shape index (κ1) is 15.3. The molecule has 0 aromatic heterocycles. The molecule has 2 atom stereocenters. The minimum absolute atomic E-state index is 0.249. The molecule has 0 aromatic carbocycles. The van der Waals surface area contributed by atoms with Gasteiger partial charge in [0, 0.05) is 25.2 Å². The number of rotatable bonds is 6. The Bertz CT molecular complexity index is 286. The molecule has 19 heavy (non-hydrogen) atoms. The van der Waals surface area contributed by atoms with Crippen LogP contribution in [0.2, 0.25) is 0 Å². The maximum atomic E-state index is 3.76. The molecule has 2 rings (SSSR count). The highest BCUT2D eigenvalue weighted by molar-refractivity contribution is 4.92. The fourth-order valence-corrected chi connectivity index (χ4v) is 3.66.